The normalized spacial score (nSPS) is 16.2. The van der Waals surface area contributed by atoms with E-state index in [0.29, 0.717) is 16.3 Å². The van der Waals surface area contributed by atoms with Gasteiger partial charge in [0, 0.05) is 5.02 Å². The Morgan fingerprint density at radius 3 is 2.50 bits per heavy atom. The fraction of sp³-hybridized carbons (Fsp3) is 0. The molecule has 110 valence electrons. The monoisotopic (exact) mass is 314 g/mol. The van der Waals surface area contributed by atoms with Gasteiger partial charge < -0.3 is 5.11 Å². The number of carbonyl (C=O) groups is 2. The molecule has 2 aromatic rings. The number of benzene rings is 2. The summed E-state index contributed by atoms with van der Waals surface area (Å²) < 4.78 is 0. The van der Waals surface area contributed by atoms with Crippen LogP contribution in [-0.4, -0.2) is 16.9 Å². The number of halogens is 1. The summed E-state index contributed by atoms with van der Waals surface area (Å²) in [6, 6.07) is 12.8. The molecule has 0 radical (unpaired) electrons. The molecule has 0 spiro atoms. The van der Waals surface area contributed by atoms with Gasteiger partial charge in [-0.3, -0.25) is 15.0 Å². The Hall–Kier alpha value is -2.79. The second-order valence-corrected chi connectivity index (χ2v) is 5.15. The molecule has 0 atom stereocenters. The van der Waals surface area contributed by atoms with E-state index in [1.807, 2.05) is 0 Å². The van der Waals surface area contributed by atoms with Crippen LogP contribution in [0.25, 0.3) is 6.08 Å². The topological polar surface area (TPSA) is 69.6 Å². The number of nitrogens with one attached hydrogen (secondary N) is 1. The molecule has 1 saturated heterocycles. The quantitative estimate of drug-likeness (QED) is 0.661. The van der Waals surface area contributed by atoms with E-state index in [1.54, 1.807) is 36.4 Å². The van der Waals surface area contributed by atoms with Crippen molar-refractivity contribution in [2.75, 3.05) is 5.01 Å². The number of phenolic OH excluding ortho intramolecular Hbond substituents is 1. The number of phenols is 1. The highest BCUT2D eigenvalue weighted by Gasteiger charge is 2.34. The number of rotatable bonds is 2. The Morgan fingerprint density at radius 1 is 1.09 bits per heavy atom. The molecule has 1 fully saturated rings. The lowest BCUT2D eigenvalue weighted by molar-refractivity contribution is -0.117. The summed E-state index contributed by atoms with van der Waals surface area (Å²) in [6.07, 6.45) is 1.47. The van der Waals surface area contributed by atoms with E-state index in [0.717, 1.165) is 5.01 Å². The third kappa shape index (κ3) is 2.66. The Labute approximate surface area is 131 Å². The van der Waals surface area contributed by atoms with Gasteiger partial charge in [0.25, 0.3) is 11.8 Å². The van der Waals surface area contributed by atoms with Crippen LogP contribution in [0.15, 0.2) is 54.1 Å². The summed E-state index contributed by atoms with van der Waals surface area (Å²) in [5.41, 5.74) is 3.65. The molecular weight excluding hydrogens is 304 g/mol. The first kappa shape index (κ1) is 14.2. The van der Waals surface area contributed by atoms with Gasteiger partial charge in [-0.2, -0.15) is 0 Å². The largest absolute Gasteiger partial charge is 0.508 e. The van der Waals surface area contributed by atoms with Crippen LogP contribution in [0.4, 0.5) is 5.69 Å². The molecule has 6 heteroatoms. The van der Waals surface area contributed by atoms with Gasteiger partial charge in [-0.25, -0.2) is 5.01 Å². The van der Waals surface area contributed by atoms with Crippen LogP contribution in [0.2, 0.25) is 5.02 Å². The lowest BCUT2D eigenvalue weighted by Crippen LogP contribution is -2.35. The average molecular weight is 315 g/mol. The van der Waals surface area contributed by atoms with E-state index in [2.05, 4.69) is 5.43 Å². The van der Waals surface area contributed by atoms with Crippen LogP contribution in [0.3, 0.4) is 0 Å². The number of aromatic hydroxyl groups is 1. The number of anilines is 1. The van der Waals surface area contributed by atoms with Crippen LogP contribution in [0, 0.1) is 0 Å². The van der Waals surface area contributed by atoms with Crippen molar-refractivity contribution in [2.24, 2.45) is 0 Å². The number of nitrogens with zero attached hydrogens (tertiary/aromatic N) is 1. The number of hydrogen-bond acceptors (Lipinski definition) is 3. The molecule has 5 nitrogen and oxygen atoms in total. The molecule has 2 aromatic carbocycles. The van der Waals surface area contributed by atoms with Gasteiger partial charge in [-0.1, -0.05) is 29.8 Å². The minimum Gasteiger partial charge on any atom is -0.508 e. The Morgan fingerprint density at radius 2 is 1.82 bits per heavy atom. The molecule has 0 unspecified atom stereocenters. The van der Waals surface area contributed by atoms with E-state index in [-0.39, 0.29) is 11.3 Å². The average Bonchev–Trinajstić information content (AvgIpc) is 2.77. The molecule has 0 bridgehead atoms. The maximum atomic E-state index is 12.4. The summed E-state index contributed by atoms with van der Waals surface area (Å²) in [5, 5.41) is 10.9. The maximum Gasteiger partial charge on any atom is 0.282 e. The summed E-state index contributed by atoms with van der Waals surface area (Å²) in [7, 11) is 0. The first-order chi connectivity index (χ1) is 10.5. The molecular formula is C16H11ClN2O3. The van der Waals surface area contributed by atoms with Gasteiger partial charge >= 0.3 is 0 Å². The van der Waals surface area contributed by atoms with E-state index < -0.39 is 11.8 Å². The zero-order valence-corrected chi connectivity index (χ0v) is 12.0. The molecule has 2 N–H and O–H groups in total. The summed E-state index contributed by atoms with van der Waals surface area (Å²) in [4.78, 5) is 24.4. The highest BCUT2D eigenvalue weighted by molar-refractivity contribution is 6.33. The van der Waals surface area contributed by atoms with Crippen LogP contribution in [0.5, 0.6) is 5.75 Å². The van der Waals surface area contributed by atoms with Crippen molar-refractivity contribution in [2.45, 2.75) is 0 Å². The second-order valence-electron chi connectivity index (χ2n) is 4.71. The fourth-order valence-electron chi connectivity index (χ4n) is 2.09. The first-order valence-electron chi connectivity index (χ1n) is 6.46. The molecule has 0 aliphatic carbocycles. The van der Waals surface area contributed by atoms with Crippen molar-refractivity contribution in [3.63, 3.8) is 0 Å². The SMILES string of the molecule is O=C1NN(c2cccc(Cl)c2)C(=O)/C1=C/c1ccc(O)cc1. The maximum absolute atomic E-state index is 12.4. The third-order valence-electron chi connectivity index (χ3n) is 3.16. The Kier molecular flexibility index (Phi) is 3.56. The van der Waals surface area contributed by atoms with Crippen molar-refractivity contribution in [3.05, 3.63) is 64.7 Å². The smallest absolute Gasteiger partial charge is 0.282 e. The summed E-state index contributed by atoms with van der Waals surface area (Å²) >= 11 is 5.90. The number of hydrogen-bond donors (Lipinski definition) is 2. The molecule has 22 heavy (non-hydrogen) atoms. The van der Waals surface area contributed by atoms with Gasteiger partial charge in [0.2, 0.25) is 0 Å². The molecule has 2 amide bonds. The minimum atomic E-state index is -0.488. The Bertz CT molecular complexity index is 784. The first-order valence-corrected chi connectivity index (χ1v) is 6.84. The zero-order valence-electron chi connectivity index (χ0n) is 11.3. The van der Waals surface area contributed by atoms with Crippen LogP contribution in [-0.2, 0) is 9.59 Å². The van der Waals surface area contributed by atoms with Crippen molar-refractivity contribution in [1.82, 2.24) is 5.43 Å². The molecule has 1 aliphatic heterocycles. The van der Waals surface area contributed by atoms with Gasteiger partial charge in [0.15, 0.2) is 0 Å². The fourth-order valence-corrected chi connectivity index (χ4v) is 2.28. The Balaban J connectivity index is 1.93. The van der Waals surface area contributed by atoms with E-state index >= 15 is 0 Å². The van der Waals surface area contributed by atoms with Crippen molar-refractivity contribution < 1.29 is 14.7 Å². The minimum absolute atomic E-state index is 0.0191. The van der Waals surface area contributed by atoms with E-state index in [1.165, 1.54) is 18.2 Å². The van der Waals surface area contributed by atoms with Gasteiger partial charge in [-0.05, 0) is 42.0 Å². The zero-order chi connectivity index (χ0) is 15.7. The molecule has 1 aliphatic rings. The highest BCUT2D eigenvalue weighted by atomic mass is 35.5. The van der Waals surface area contributed by atoms with Crippen molar-refractivity contribution in [1.29, 1.82) is 0 Å². The van der Waals surface area contributed by atoms with E-state index in [4.69, 9.17) is 11.6 Å². The third-order valence-corrected chi connectivity index (χ3v) is 3.40. The van der Waals surface area contributed by atoms with Gasteiger partial charge in [-0.15, -0.1) is 0 Å². The summed E-state index contributed by atoms with van der Waals surface area (Å²) in [5.74, 6) is -0.830. The number of hydrazine groups is 1. The highest BCUT2D eigenvalue weighted by Crippen LogP contribution is 2.24. The second kappa shape index (κ2) is 5.54. The lowest BCUT2D eigenvalue weighted by atomic mass is 10.1. The van der Waals surface area contributed by atoms with Crippen LogP contribution in [0.1, 0.15) is 5.56 Å². The van der Waals surface area contributed by atoms with Crippen LogP contribution < -0.4 is 10.4 Å². The number of amides is 2. The predicted molar refractivity (Wildman–Crippen MR) is 83.2 cm³/mol. The summed E-state index contributed by atoms with van der Waals surface area (Å²) in [6.45, 7) is 0. The van der Waals surface area contributed by atoms with Crippen molar-refractivity contribution >= 4 is 35.2 Å². The van der Waals surface area contributed by atoms with Crippen molar-refractivity contribution in [3.8, 4) is 5.75 Å². The molecule has 0 aromatic heterocycles. The lowest BCUT2D eigenvalue weighted by Gasteiger charge is -2.14. The number of carbonyl (C=O) groups excluding carboxylic acids is 2. The molecule has 1 heterocycles. The van der Waals surface area contributed by atoms with Gasteiger partial charge in [0.1, 0.15) is 11.3 Å². The van der Waals surface area contributed by atoms with Crippen LogP contribution >= 0.6 is 11.6 Å². The van der Waals surface area contributed by atoms with E-state index in [9.17, 15) is 14.7 Å². The van der Waals surface area contributed by atoms with Gasteiger partial charge in [0.05, 0.1) is 5.69 Å². The molecule has 0 saturated carbocycles. The molecule has 3 rings (SSSR count). The predicted octanol–water partition coefficient (Wildman–Crippen LogP) is 2.51. The standard InChI is InChI=1S/C16H11ClN2O3/c17-11-2-1-3-12(9-11)19-16(22)14(15(21)18-19)8-10-4-6-13(20)7-5-10/h1-9,20H,(H,18,21)/b14-8+.